The Morgan fingerprint density at radius 2 is 1.80 bits per heavy atom. The molecule has 0 bridgehead atoms. The fourth-order valence-electron chi connectivity index (χ4n) is 2.89. The average Bonchev–Trinajstić information content (AvgIpc) is 2.26. The van der Waals surface area contributed by atoms with E-state index in [2.05, 4.69) is 45.0 Å². The van der Waals surface area contributed by atoms with E-state index >= 15 is 0 Å². The van der Waals surface area contributed by atoms with Gasteiger partial charge in [0.15, 0.2) is 0 Å². The number of aliphatic hydroxyl groups excluding tert-OH is 1. The summed E-state index contributed by atoms with van der Waals surface area (Å²) in [5.74, 6) is 1.44. The molecule has 1 fully saturated rings. The van der Waals surface area contributed by atoms with E-state index < -0.39 is 0 Å². The van der Waals surface area contributed by atoms with Crippen LogP contribution in [0.2, 0.25) is 0 Å². The van der Waals surface area contributed by atoms with Crippen LogP contribution in [0, 0.1) is 18.8 Å². The molecule has 1 N–H and O–H groups in total. The van der Waals surface area contributed by atoms with E-state index in [0.717, 1.165) is 6.42 Å². The molecule has 0 heterocycles. The summed E-state index contributed by atoms with van der Waals surface area (Å²) in [5.41, 5.74) is 2.70. The molecule has 0 amide bonds. The highest BCUT2D eigenvalue weighted by atomic mass is 16.3. The zero-order valence-electron chi connectivity index (χ0n) is 9.77. The van der Waals surface area contributed by atoms with Gasteiger partial charge in [-0.3, -0.25) is 0 Å². The first kappa shape index (κ1) is 10.7. The summed E-state index contributed by atoms with van der Waals surface area (Å²) in [7, 11) is 0. The van der Waals surface area contributed by atoms with Crippen molar-refractivity contribution in [1.29, 1.82) is 0 Å². The van der Waals surface area contributed by atoms with E-state index in [0.29, 0.717) is 17.8 Å². The number of hydrogen-bond acceptors (Lipinski definition) is 1. The Morgan fingerprint density at radius 1 is 1.20 bits per heavy atom. The van der Waals surface area contributed by atoms with Crippen molar-refractivity contribution in [3.05, 3.63) is 35.4 Å². The SMILES string of the molecule is CCC1C(O)C(C)C1c1ccc(C)cc1. The van der Waals surface area contributed by atoms with Gasteiger partial charge in [0.05, 0.1) is 6.10 Å². The summed E-state index contributed by atoms with van der Waals surface area (Å²) in [4.78, 5) is 0. The highest BCUT2D eigenvalue weighted by molar-refractivity contribution is 5.28. The first-order chi connectivity index (χ1) is 7.15. The van der Waals surface area contributed by atoms with E-state index in [-0.39, 0.29) is 6.10 Å². The Kier molecular flexibility index (Phi) is 2.83. The average molecular weight is 204 g/mol. The van der Waals surface area contributed by atoms with Crippen molar-refractivity contribution in [3.63, 3.8) is 0 Å². The standard InChI is InChI=1S/C14H20O/c1-4-12-13(10(3)14(12)15)11-7-5-9(2)6-8-11/h5-8,10,12-15H,4H2,1-3H3. The minimum Gasteiger partial charge on any atom is -0.393 e. The Labute approximate surface area is 92.1 Å². The van der Waals surface area contributed by atoms with Crippen LogP contribution in [0.25, 0.3) is 0 Å². The summed E-state index contributed by atoms with van der Waals surface area (Å²) in [6.07, 6.45) is 0.977. The van der Waals surface area contributed by atoms with Gasteiger partial charge in [0.1, 0.15) is 0 Å². The summed E-state index contributed by atoms with van der Waals surface area (Å²) in [5, 5.41) is 9.86. The maximum Gasteiger partial charge on any atom is 0.0605 e. The lowest BCUT2D eigenvalue weighted by atomic mass is 9.59. The number of aryl methyl sites for hydroxylation is 1. The molecule has 0 aromatic heterocycles. The molecule has 0 saturated heterocycles. The monoisotopic (exact) mass is 204 g/mol. The van der Waals surface area contributed by atoms with Gasteiger partial charge in [-0.1, -0.05) is 50.1 Å². The van der Waals surface area contributed by atoms with Crippen molar-refractivity contribution in [1.82, 2.24) is 0 Å². The maximum absolute atomic E-state index is 9.86. The smallest absolute Gasteiger partial charge is 0.0605 e. The predicted molar refractivity (Wildman–Crippen MR) is 62.9 cm³/mol. The van der Waals surface area contributed by atoms with Crippen LogP contribution in [0.15, 0.2) is 24.3 Å². The lowest BCUT2D eigenvalue weighted by Gasteiger charge is -2.48. The third-order valence-corrected chi connectivity index (χ3v) is 3.94. The molecular weight excluding hydrogens is 184 g/mol. The molecule has 1 aliphatic rings. The van der Waals surface area contributed by atoms with Crippen LogP contribution in [0.3, 0.4) is 0 Å². The largest absolute Gasteiger partial charge is 0.393 e. The first-order valence-corrected chi connectivity index (χ1v) is 5.89. The van der Waals surface area contributed by atoms with Gasteiger partial charge in [-0.05, 0) is 30.2 Å². The van der Waals surface area contributed by atoms with Crippen LogP contribution in [-0.2, 0) is 0 Å². The molecule has 1 saturated carbocycles. The molecule has 1 aliphatic carbocycles. The van der Waals surface area contributed by atoms with E-state index in [1.54, 1.807) is 0 Å². The van der Waals surface area contributed by atoms with Gasteiger partial charge in [-0.2, -0.15) is 0 Å². The van der Waals surface area contributed by atoms with E-state index in [1.807, 2.05) is 0 Å². The molecule has 0 aliphatic heterocycles. The molecule has 4 unspecified atom stereocenters. The highest BCUT2D eigenvalue weighted by Crippen LogP contribution is 2.49. The maximum atomic E-state index is 9.86. The van der Waals surface area contributed by atoms with Crippen molar-refractivity contribution >= 4 is 0 Å². The summed E-state index contributed by atoms with van der Waals surface area (Å²) in [6, 6.07) is 8.76. The van der Waals surface area contributed by atoms with Crippen molar-refractivity contribution in [3.8, 4) is 0 Å². The number of hydrogen-bond donors (Lipinski definition) is 1. The lowest BCUT2D eigenvalue weighted by Crippen LogP contribution is -2.47. The topological polar surface area (TPSA) is 20.2 Å². The second-order valence-corrected chi connectivity index (χ2v) is 4.86. The molecule has 0 radical (unpaired) electrons. The van der Waals surface area contributed by atoms with Gasteiger partial charge in [0.2, 0.25) is 0 Å². The Balaban J connectivity index is 2.20. The normalized spacial score (nSPS) is 34.9. The molecule has 1 aromatic rings. The van der Waals surface area contributed by atoms with E-state index in [1.165, 1.54) is 11.1 Å². The molecule has 1 heteroatoms. The van der Waals surface area contributed by atoms with E-state index in [4.69, 9.17) is 0 Å². The zero-order valence-corrected chi connectivity index (χ0v) is 9.77. The minimum atomic E-state index is -0.0960. The molecular formula is C14H20O. The van der Waals surface area contributed by atoms with Crippen molar-refractivity contribution in [2.24, 2.45) is 11.8 Å². The lowest BCUT2D eigenvalue weighted by molar-refractivity contribution is -0.0583. The zero-order chi connectivity index (χ0) is 11.0. The van der Waals surface area contributed by atoms with Gasteiger partial charge in [0, 0.05) is 0 Å². The van der Waals surface area contributed by atoms with Crippen molar-refractivity contribution < 1.29 is 5.11 Å². The van der Waals surface area contributed by atoms with Crippen LogP contribution in [0.5, 0.6) is 0 Å². The quantitative estimate of drug-likeness (QED) is 0.784. The van der Waals surface area contributed by atoms with Gasteiger partial charge < -0.3 is 5.11 Å². The van der Waals surface area contributed by atoms with Crippen LogP contribution < -0.4 is 0 Å². The van der Waals surface area contributed by atoms with Gasteiger partial charge >= 0.3 is 0 Å². The van der Waals surface area contributed by atoms with Crippen LogP contribution >= 0.6 is 0 Å². The third-order valence-electron chi connectivity index (χ3n) is 3.94. The Bertz CT molecular complexity index is 328. The minimum absolute atomic E-state index is 0.0960. The fraction of sp³-hybridized carbons (Fsp3) is 0.571. The molecule has 1 nitrogen and oxygen atoms in total. The summed E-state index contributed by atoms with van der Waals surface area (Å²) >= 11 is 0. The van der Waals surface area contributed by atoms with Gasteiger partial charge in [0.25, 0.3) is 0 Å². The third kappa shape index (κ3) is 1.69. The molecule has 82 valence electrons. The number of rotatable bonds is 2. The first-order valence-electron chi connectivity index (χ1n) is 5.89. The summed E-state index contributed by atoms with van der Waals surface area (Å²) < 4.78 is 0. The van der Waals surface area contributed by atoms with E-state index in [9.17, 15) is 5.11 Å². The molecule has 2 rings (SSSR count). The fourth-order valence-corrected chi connectivity index (χ4v) is 2.89. The van der Waals surface area contributed by atoms with Crippen LogP contribution in [0.1, 0.15) is 37.3 Å². The van der Waals surface area contributed by atoms with Crippen LogP contribution in [-0.4, -0.2) is 11.2 Å². The van der Waals surface area contributed by atoms with Gasteiger partial charge in [-0.25, -0.2) is 0 Å². The van der Waals surface area contributed by atoms with Crippen molar-refractivity contribution in [2.75, 3.05) is 0 Å². The number of aliphatic hydroxyl groups is 1. The summed E-state index contributed by atoms with van der Waals surface area (Å²) in [6.45, 7) is 6.43. The van der Waals surface area contributed by atoms with Gasteiger partial charge in [-0.15, -0.1) is 0 Å². The molecule has 4 atom stereocenters. The molecule has 15 heavy (non-hydrogen) atoms. The predicted octanol–water partition coefficient (Wildman–Crippen LogP) is 3.12. The number of benzene rings is 1. The van der Waals surface area contributed by atoms with Crippen molar-refractivity contribution in [2.45, 2.75) is 39.2 Å². The Morgan fingerprint density at radius 3 is 2.33 bits per heavy atom. The van der Waals surface area contributed by atoms with Crippen LogP contribution in [0.4, 0.5) is 0 Å². The molecule has 0 spiro atoms. The second-order valence-electron chi connectivity index (χ2n) is 4.86. The highest BCUT2D eigenvalue weighted by Gasteiger charge is 2.46. The molecule has 1 aromatic carbocycles. The second kappa shape index (κ2) is 3.97. The Hall–Kier alpha value is -0.820.